The summed E-state index contributed by atoms with van der Waals surface area (Å²) in [5.74, 6) is 0.692. The van der Waals surface area contributed by atoms with Gasteiger partial charge < -0.3 is 10.6 Å². The second kappa shape index (κ2) is 4.01. The average Bonchev–Trinajstić information content (AvgIpc) is 2.57. The van der Waals surface area contributed by atoms with E-state index in [0.717, 1.165) is 13.1 Å². The molecular formula is C12H18N2. The topological polar surface area (TPSA) is 24.1 Å². The van der Waals surface area contributed by atoms with Gasteiger partial charge in [-0.1, -0.05) is 17.7 Å². The summed E-state index contributed by atoms with van der Waals surface area (Å²) in [5, 5.41) is 6.67. The summed E-state index contributed by atoms with van der Waals surface area (Å²) >= 11 is 0. The number of nitrogens with one attached hydrogen (secondary N) is 2. The van der Waals surface area contributed by atoms with Gasteiger partial charge in [0.25, 0.3) is 0 Å². The standard InChI is InChI=1S/C12H18N2/c1-9-3-4-12-11(7-9)10(8-14-12)5-6-13-2/h3-4,7,10,13-14H,5-6,8H2,1-2H3. The van der Waals surface area contributed by atoms with E-state index in [4.69, 9.17) is 0 Å². The van der Waals surface area contributed by atoms with Crippen molar-refractivity contribution in [2.24, 2.45) is 0 Å². The highest BCUT2D eigenvalue weighted by Gasteiger charge is 2.20. The van der Waals surface area contributed by atoms with Crippen LogP contribution >= 0.6 is 0 Å². The lowest BCUT2D eigenvalue weighted by molar-refractivity contribution is 0.633. The fourth-order valence-corrected chi connectivity index (χ4v) is 2.10. The Morgan fingerprint density at radius 3 is 3.14 bits per heavy atom. The first kappa shape index (κ1) is 9.53. The summed E-state index contributed by atoms with van der Waals surface area (Å²) in [4.78, 5) is 0. The number of fused-ring (bicyclic) bond motifs is 1. The van der Waals surface area contributed by atoms with Gasteiger partial charge in [-0.15, -0.1) is 0 Å². The van der Waals surface area contributed by atoms with Crippen LogP contribution < -0.4 is 10.6 Å². The normalized spacial score (nSPS) is 19.1. The largest absolute Gasteiger partial charge is 0.384 e. The molecule has 0 saturated heterocycles. The van der Waals surface area contributed by atoms with Crippen LogP contribution in [0.15, 0.2) is 18.2 Å². The SMILES string of the molecule is CNCCC1CNc2ccc(C)cc21. The lowest BCUT2D eigenvalue weighted by Crippen LogP contribution is -2.13. The van der Waals surface area contributed by atoms with Crippen molar-refractivity contribution in [3.05, 3.63) is 29.3 Å². The van der Waals surface area contributed by atoms with Crippen molar-refractivity contribution in [3.63, 3.8) is 0 Å². The number of hydrogen-bond acceptors (Lipinski definition) is 2. The Morgan fingerprint density at radius 2 is 2.36 bits per heavy atom. The summed E-state index contributed by atoms with van der Waals surface area (Å²) in [5.41, 5.74) is 4.19. The predicted molar refractivity (Wildman–Crippen MR) is 61.0 cm³/mol. The molecule has 1 heterocycles. The first-order valence-electron chi connectivity index (χ1n) is 5.30. The minimum atomic E-state index is 0.692. The Hall–Kier alpha value is -1.02. The third-order valence-electron chi connectivity index (χ3n) is 2.93. The molecule has 2 heteroatoms. The number of anilines is 1. The maximum Gasteiger partial charge on any atom is 0.0376 e. The highest BCUT2D eigenvalue weighted by molar-refractivity contribution is 5.58. The molecule has 14 heavy (non-hydrogen) atoms. The van der Waals surface area contributed by atoms with Crippen molar-refractivity contribution in [2.45, 2.75) is 19.3 Å². The van der Waals surface area contributed by atoms with Crippen LogP contribution in [0.5, 0.6) is 0 Å². The highest BCUT2D eigenvalue weighted by Crippen LogP contribution is 2.33. The molecule has 0 bridgehead atoms. The maximum atomic E-state index is 3.46. The van der Waals surface area contributed by atoms with Gasteiger partial charge in [-0.3, -0.25) is 0 Å². The van der Waals surface area contributed by atoms with Crippen molar-refractivity contribution in [3.8, 4) is 0 Å². The zero-order valence-corrected chi connectivity index (χ0v) is 8.93. The van der Waals surface area contributed by atoms with E-state index in [1.54, 1.807) is 0 Å². The quantitative estimate of drug-likeness (QED) is 0.763. The summed E-state index contributed by atoms with van der Waals surface area (Å²) in [6.07, 6.45) is 1.22. The molecule has 0 aromatic heterocycles. The average molecular weight is 190 g/mol. The van der Waals surface area contributed by atoms with Crippen LogP contribution in [0.25, 0.3) is 0 Å². The summed E-state index contributed by atoms with van der Waals surface area (Å²) < 4.78 is 0. The highest BCUT2D eigenvalue weighted by atomic mass is 14.9. The van der Waals surface area contributed by atoms with Crippen LogP contribution in [-0.4, -0.2) is 20.1 Å². The van der Waals surface area contributed by atoms with Crippen LogP contribution in [0.1, 0.15) is 23.5 Å². The molecule has 1 atom stereocenters. The Balaban J connectivity index is 2.16. The fraction of sp³-hybridized carbons (Fsp3) is 0.500. The summed E-state index contributed by atoms with van der Waals surface area (Å²) in [6, 6.07) is 6.69. The van der Waals surface area contributed by atoms with Gasteiger partial charge in [0.2, 0.25) is 0 Å². The van der Waals surface area contributed by atoms with Crippen LogP contribution in [-0.2, 0) is 0 Å². The molecule has 1 unspecified atom stereocenters. The molecule has 0 spiro atoms. The van der Waals surface area contributed by atoms with Crippen molar-refractivity contribution < 1.29 is 0 Å². The molecule has 0 fully saturated rings. The Bertz CT molecular complexity index is 320. The van der Waals surface area contributed by atoms with Crippen LogP contribution in [0.4, 0.5) is 5.69 Å². The molecule has 0 aliphatic carbocycles. The van der Waals surface area contributed by atoms with Crippen molar-refractivity contribution in [1.82, 2.24) is 5.32 Å². The van der Waals surface area contributed by atoms with E-state index in [1.165, 1.54) is 23.2 Å². The molecule has 1 aliphatic heterocycles. The van der Waals surface area contributed by atoms with Crippen molar-refractivity contribution in [2.75, 3.05) is 25.5 Å². The van der Waals surface area contributed by atoms with Gasteiger partial charge in [0, 0.05) is 18.2 Å². The van der Waals surface area contributed by atoms with E-state index >= 15 is 0 Å². The predicted octanol–water partition coefficient (Wildman–Crippen LogP) is 2.11. The molecule has 1 aliphatic rings. The van der Waals surface area contributed by atoms with Gasteiger partial charge in [0.15, 0.2) is 0 Å². The van der Waals surface area contributed by atoms with E-state index in [0.29, 0.717) is 5.92 Å². The summed E-state index contributed by atoms with van der Waals surface area (Å²) in [7, 11) is 2.01. The molecular weight excluding hydrogens is 172 g/mol. The van der Waals surface area contributed by atoms with Crippen LogP contribution in [0.3, 0.4) is 0 Å². The molecule has 76 valence electrons. The minimum Gasteiger partial charge on any atom is -0.384 e. The number of benzene rings is 1. The molecule has 2 nitrogen and oxygen atoms in total. The zero-order chi connectivity index (χ0) is 9.97. The Morgan fingerprint density at radius 1 is 1.50 bits per heavy atom. The van der Waals surface area contributed by atoms with Gasteiger partial charge in [0.1, 0.15) is 0 Å². The number of hydrogen-bond donors (Lipinski definition) is 2. The smallest absolute Gasteiger partial charge is 0.0376 e. The van der Waals surface area contributed by atoms with E-state index in [-0.39, 0.29) is 0 Å². The number of rotatable bonds is 3. The third-order valence-corrected chi connectivity index (χ3v) is 2.93. The fourth-order valence-electron chi connectivity index (χ4n) is 2.10. The van der Waals surface area contributed by atoms with Gasteiger partial charge in [0.05, 0.1) is 0 Å². The summed E-state index contributed by atoms with van der Waals surface area (Å²) in [6.45, 7) is 4.36. The third kappa shape index (κ3) is 1.75. The van der Waals surface area contributed by atoms with E-state index in [1.807, 2.05) is 7.05 Å². The Kier molecular flexibility index (Phi) is 2.73. The zero-order valence-electron chi connectivity index (χ0n) is 8.93. The molecule has 0 amide bonds. The molecule has 2 rings (SSSR count). The molecule has 2 N–H and O–H groups in total. The van der Waals surface area contributed by atoms with Crippen molar-refractivity contribution in [1.29, 1.82) is 0 Å². The van der Waals surface area contributed by atoms with Gasteiger partial charge >= 0.3 is 0 Å². The van der Waals surface area contributed by atoms with Gasteiger partial charge in [-0.2, -0.15) is 0 Å². The van der Waals surface area contributed by atoms with E-state index in [9.17, 15) is 0 Å². The molecule has 1 aromatic rings. The monoisotopic (exact) mass is 190 g/mol. The molecule has 0 radical (unpaired) electrons. The van der Waals surface area contributed by atoms with Gasteiger partial charge in [-0.25, -0.2) is 0 Å². The maximum absolute atomic E-state index is 3.46. The van der Waals surface area contributed by atoms with Crippen LogP contribution in [0, 0.1) is 6.92 Å². The first-order valence-corrected chi connectivity index (χ1v) is 5.30. The minimum absolute atomic E-state index is 0.692. The van der Waals surface area contributed by atoms with Gasteiger partial charge in [-0.05, 0) is 38.6 Å². The second-order valence-electron chi connectivity index (χ2n) is 4.06. The first-order chi connectivity index (χ1) is 6.81. The molecule has 1 aromatic carbocycles. The van der Waals surface area contributed by atoms with Crippen molar-refractivity contribution >= 4 is 5.69 Å². The lowest BCUT2D eigenvalue weighted by atomic mass is 9.96. The second-order valence-corrected chi connectivity index (χ2v) is 4.06. The number of aryl methyl sites for hydroxylation is 1. The van der Waals surface area contributed by atoms with E-state index in [2.05, 4.69) is 35.8 Å². The Labute approximate surface area is 85.7 Å². The lowest BCUT2D eigenvalue weighted by Gasteiger charge is -2.09. The van der Waals surface area contributed by atoms with E-state index < -0.39 is 0 Å². The van der Waals surface area contributed by atoms with Crippen LogP contribution in [0.2, 0.25) is 0 Å². The molecule has 0 saturated carbocycles.